The third kappa shape index (κ3) is 4.50. The molecular formula is C26H31N3O4. The zero-order valence-corrected chi connectivity index (χ0v) is 19.2. The number of anilines is 2. The maximum absolute atomic E-state index is 13.8. The third-order valence-electron chi connectivity index (χ3n) is 6.80. The van der Waals surface area contributed by atoms with Crippen LogP contribution in [0.4, 0.5) is 11.4 Å². The minimum Gasteiger partial charge on any atom is -0.383 e. The Labute approximate surface area is 194 Å². The van der Waals surface area contributed by atoms with Crippen LogP contribution >= 0.6 is 0 Å². The normalized spacial score (nSPS) is 19.2. The summed E-state index contributed by atoms with van der Waals surface area (Å²) in [4.78, 5) is 40.6. The number of hydrogen-bond acceptors (Lipinski definition) is 4. The highest BCUT2D eigenvalue weighted by Gasteiger charge is 2.54. The van der Waals surface area contributed by atoms with Gasteiger partial charge in [0.2, 0.25) is 11.8 Å². The van der Waals surface area contributed by atoms with Crippen molar-refractivity contribution in [2.45, 2.75) is 50.5 Å². The van der Waals surface area contributed by atoms with E-state index < -0.39 is 11.5 Å². The van der Waals surface area contributed by atoms with Crippen LogP contribution in [0.15, 0.2) is 48.5 Å². The molecule has 0 aromatic heterocycles. The molecule has 2 aliphatic rings. The fourth-order valence-corrected chi connectivity index (χ4v) is 5.41. The summed E-state index contributed by atoms with van der Waals surface area (Å²) in [7, 11) is 1.63. The average Bonchev–Trinajstić information content (AvgIpc) is 2.81. The van der Waals surface area contributed by atoms with Crippen LogP contribution in [0.25, 0.3) is 0 Å². The predicted molar refractivity (Wildman–Crippen MR) is 127 cm³/mol. The highest BCUT2D eigenvalue weighted by atomic mass is 16.5. The Morgan fingerprint density at radius 2 is 1.64 bits per heavy atom. The number of nitrogens with one attached hydrogen (secondary N) is 2. The highest BCUT2D eigenvalue weighted by molar-refractivity contribution is 6.05. The molecule has 0 radical (unpaired) electrons. The number of hydrogen-bond donors (Lipinski definition) is 2. The van der Waals surface area contributed by atoms with Crippen LogP contribution < -0.4 is 10.6 Å². The van der Waals surface area contributed by atoms with E-state index in [2.05, 4.69) is 10.6 Å². The molecule has 1 spiro atoms. The Bertz CT molecular complexity index is 1030. The van der Waals surface area contributed by atoms with E-state index in [1.807, 2.05) is 29.2 Å². The molecule has 0 unspecified atom stereocenters. The van der Waals surface area contributed by atoms with Crippen molar-refractivity contribution < 1.29 is 19.1 Å². The first-order chi connectivity index (χ1) is 16.0. The fraction of sp³-hybridized carbons (Fsp3) is 0.423. The molecule has 1 saturated carbocycles. The quantitative estimate of drug-likeness (QED) is 0.693. The number of rotatable bonds is 6. The monoisotopic (exact) mass is 449 g/mol. The number of benzene rings is 2. The smallest absolute Gasteiger partial charge is 0.254 e. The maximum Gasteiger partial charge on any atom is 0.254 e. The van der Waals surface area contributed by atoms with Crippen LogP contribution in [0.1, 0.15) is 60.9 Å². The second-order valence-corrected chi connectivity index (χ2v) is 8.88. The Morgan fingerprint density at radius 3 is 2.27 bits per heavy atom. The molecule has 0 saturated heterocycles. The van der Waals surface area contributed by atoms with E-state index in [-0.39, 0.29) is 17.7 Å². The maximum atomic E-state index is 13.8. The van der Waals surface area contributed by atoms with E-state index in [0.717, 1.165) is 37.7 Å². The molecule has 3 amide bonds. The van der Waals surface area contributed by atoms with Gasteiger partial charge < -0.3 is 20.3 Å². The molecule has 174 valence electrons. The Kier molecular flexibility index (Phi) is 6.79. The van der Waals surface area contributed by atoms with Gasteiger partial charge >= 0.3 is 0 Å². The lowest BCUT2D eigenvalue weighted by Crippen LogP contribution is -2.62. The van der Waals surface area contributed by atoms with Crippen molar-refractivity contribution in [2.24, 2.45) is 0 Å². The van der Waals surface area contributed by atoms with Crippen LogP contribution in [0.3, 0.4) is 0 Å². The molecular weight excluding hydrogens is 418 g/mol. The number of ether oxygens (including phenoxy) is 1. The lowest BCUT2D eigenvalue weighted by molar-refractivity contribution is -0.122. The summed E-state index contributed by atoms with van der Waals surface area (Å²) in [5, 5.41) is 5.81. The van der Waals surface area contributed by atoms with E-state index in [0.29, 0.717) is 30.1 Å². The largest absolute Gasteiger partial charge is 0.383 e. The van der Waals surface area contributed by atoms with Crippen molar-refractivity contribution in [2.75, 3.05) is 30.9 Å². The van der Waals surface area contributed by atoms with Gasteiger partial charge in [-0.05, 0) is 48.7 Å². The Hall–Kier alpha value is -3.19. The van der Waals surface area contributed by atoms with Gasteiger partial charge in [-0.3, -0.25) is 14.4 Å². The molecule has 33 heavy (non-hydrogen) atoms. The minimum absolute atomic E-state index is 0.0201. The van der Waals surface area contributed by atoms with E-state index >= 15 is 0 Å². The van der Waals surface area contributed by atoms with Gasteiger partial charge in [0, 0.05) is 37.5 Å². The molecule has 4 rings (SSSR count). The van der Waals surface area contributed by atoms with Gasteiger partial charge in [-0.2, -0.15) is 0 Å². The van der Waals surface area contributed by atoms with Crippen LogP contribution in [-0.4, -0.2) is 48.4 Å². The first-order valence-corrected chi connectivity index (χ1v) is 11.5. The van der Waals surface area contributed by atoms with Crippen molar-refractivity contribution in [1.82, 2.24) is 4.90 Å². The molecule has 1 heterocycles. The molecule has 2 aromatic rings. The summed E-state index contributed by atoms with van der Waals surface area (Å²) in [6, 6.07) is 14.6. The number of nitrogens with zero attached hydrogens (tertiary/aromatic N) is 1. The number of amides is 3. The lowest BCUT2D eigenvalue weighted by Gasteiger charge is -2.53. The van der Waals surface area contributed by atoms with E-state index in [1.165, 1.54) is 6.92 Å². The molecule has 1 aliphatic carbocycles. The van der Waals surface area contributed by atoms with Gasteiger partial charge in [0.25, 0.3) is 5.91 Å². The summed E-state index contributed by atoms with van der Waals surface area (Å²) in [5.41, 5.74) is 2.14. The molecule has 2 aromatic carbocycles. The summed E-state index contributed by atoms with van der Waals surface area (Å²) in [5.74, 6) is -0.760. The first-order valence-electron chi connectivity index (χ1n) is 11.5. The van der Waals surface area contributed by atoms with Crippen LogP contribution in [0.5, 0.6) is 0 Å². The summed E-state index contributed by atoms with van der Waals surface area (Å²) < 4.78 is 5.32. The third-order valence-corrected chi connectivity index (χ3v) is 6.80. The van der Waals surface area contributed by atoms with Crippen molar-refractivity contribution in [3.63, 3.8) is 0 Å². The van der Waals surface area contributed by atoms with Crippen molar-refractivity contribution >= 4 is 29.1 Å². The van der Waals surface area contributed by atoms with Gasteiger partial charge in [-0.15, -0.1) is 0 Å². The first kappa shape index (κ1) is 23.0. The molecule has 1 aliphatic heterocycles. The van der Waals surface area contributed by atoms with Crippen LogP contribution in [-0.2, 0) is 14.3 Å². The molecule has 7 heteroatoms. The van der Waals surface area contributed by atoms with Crippen molar-refractivity contribution in [1.29, 1.82) is 0 Å². The number of carbonyl (C=O) groups is 3. The minimum atomic E-state index is -0.567. The zero-order valence-electron chi connectivity index (χ0n) is 19.2. The molecule has 1 atom stereocenters. The van der Waals surface area contributed by atoms with Gasteiger partial charge in [-0.25, -0.2) is 0 Å². The molecule has 1 fully saturated rings. The summed E-state index contributed by atoms with van der Waals surface area (Å²) in [6.45, 7) is 2.34. The van der Waals surface area contributed by atoms with Gasteiger partial charge in [-0.1, -0.05) is 37.5 Å². The van der Waals surface area contributed by atoms with Crippen molar-refractivity contribution in [3.8, 4) is 0 Å². The van der Waals surface area contributed by atoms with Gasteiger partial charge in [0.1, 0.15) is 0 Å². The van der Waals surface area contributed by atoms with E-state index in [9.17, 15) is 14.4 Å². The summed E-state index contributed by atoms with van der Waals surface area (Å²) >= 11 is 0. The van der Waals surface area contributed by atoms with Gasteiger partial charge in [0.05, 0.1) is 18.1 Å². The zero-order chi connectivity index (χ0) is 23.4. The van der Waals surface area contributed by atoms with Crippen LogP contribution in [0, 0.1) is 0 Å². The lowest BCUT2D eigenvalue weighted by atomic mass is 9.65. The molecule has 2 N–H and O–H groups in total. The van der Waals surface area contributed by atoms with Crippen LogP contribution in [0.2, 0.25) is 0 Å². The fourth-order valence-electron chi connectivity index (χ4n) is 5.41. The number of fused-ring (bicyclic) bond motifs is 1. The van der Waals surface area contributed by atoms with E-state index in [4.69, 9.17) is 4.74 Å². The Morgan fingerprint density at radius 1 is 1.00 bits per heavy atom. The topological polar surface area (TPSA) is 87.7 Å². The van der Waals surface area contributed by atoms with E-state index in [1.54, 1.807) is 31.4 Å². The Balaban J connectivity index is 1.71. The summed E-state index contributed by atoms with van der Waals surface area (Å²) in [6.07, 6.45) is 4.64. The van der Waals surface area contributed by atoms with Gasteiger partial charge in [0.15, 0.2) is 0 Å². The standard InChI is InChI=1S/C26H31N3O4/c1-18(30)27-19-10-12-20(13-11-19)28-24(31)23-21-8-4-5-9-22(21)25(32)29(16-17-33-2)26(23)14-6-3-7-15-26/h4-5,8-13,23H,3,6-7,14-17H2,1-2H3,(H,27,30)(H,28,31)/t23-/m0/s1. The molecule has 0 bridgehead atoms. The highest BCUT2D eigenvalue weighted by Crippen LogP contribution is 2.49. The van der Waals surface area contributed by atoms with Crippen molar-refractivity contribution in [3.05, 3.63) is 59.7 Å². The number of carbonyl (C=O) groups excluding carboxylic acids is 3. The molecule has 7 nitrogen and oxygen atoms in total. The second-order valence-electron chi connectivity index (χ2n) is 8.88. The SMILES string of the molecule is COCCN1C(=O)c2ccccc2[C@@H](C(=O)Nc2ccc(NC(C)=O)cc2)C12CCCCC2. The average molecular weight is 450 g/mol. The second kappa shape index (κ2) is 9.75. The predicted octanol–water partition coefficient (Wildman–Crippen LogP) is 4.17. The number of methoxy groups -OCH3 is 1.